The van der Waals surface area contributed by atoms with Crippen LogP contribution in [0.1, 0.15) is 25.0 Å². The molecular formula is C17H15ClF2O. The second kappa shape index (κ2) is 5.94. The van der Waals surface area contributed by atoms with Crippen molar-refractivity contribution in [2.75, 3.05) is 0 Å². The van der Waals surface area contributed by atoms with E-state index in [1.165, 1.54) is 24.3 Å². The lowest BCUT2D eigenvalue weighted by atomic mass is 9.78. The van der Waals surface area contributed by atoms with Crippen LogP contribution < -0.4 is 0 Å². The van der Waals surface area contributed by atoms with Crippen LogP contribution in [-0.2, 0) is 16.6 Å². The van der Waals surface area contributed by atoms with Crippen LogP contribution in [0.25, 0.3) is 0 Å². The molecule has 0 fully saturated rings. The van der Waals surface area contributed by atoms with Gasteiger partial charge in [0.2, 0.25) is 0 Å². The molecule has 0 aliphatic carbocycles. The van der Waals surface area contributed by atoms with Gasteiger partial charge in [-0.1, -0.05) is 29.8 Å². The number of rotatable bonds is 4. The molecule has 0 radical (unpaired) electrons. The molecule has 1 nitrogen and oxygen atoms in total. The van der Waals surface area contributed by atoms with Gasteiger partial charge in [0.25, 0.3) is 0 Å². The van der Waals surface area contributed by atoms with Gasteiger partial charge in [0.05, 0.1) is 5.02 Å². The maximum Gasteiger partial charge on any atom is 0.147 e. The van der Waals surface area contributed by atoms with E-state index >= 15 is 0 Å². The topological polar surface area (TPSA) is 17.1 Å². The third kappa shape index (κ3) is 3.48. The monoisotopic (exact) mass is 308 g/mol. The van der Waals surface area contributed by atoms with Gasteiger partial charge in [-0.15, -0.1) is 0 Å². The van der Waals surface area contributed by atoms with E-state index in [4.69, 9.17) is 11.6 Å². The first-order chi connectivity index (χ1) is 9.80. The summed E-state index contributed by atoms with van der Waals surface area (Å²) in [4.78, 5) is 12.5. The maximum absolute atomic E-state index is 13.4. The summed E-state index contributed by atoms with van der Waals surface area (Å²) >= 11 is 5.62. The summed E-state index contributed by atoms with van der Waals surface area (Å²) < 4.78 is 26.4. The molecule has 0 saturated carbocycles. The first-order valence-corrected chi connectivity index (χ1v) is 6.92. The highest BCUT2D eigenvalue weighted by Gasteiger charge is 2.29. The molecule has 0 saturated heterocycles. The lowest BCUT2D eigenvalue weighted by Gasteiger charge is -2.24. The smallest absolute Gasteiger partial charge is 0.147 e. The summed E-state index contributed by atoms with van der Waals surface area (Å²) in [7, 11) is 0. The standard InChI is InChI=1S/C17H15ClF2O/c1-17(2,12-4-6-13(19)7-5-12)16(21)10-11-3-8-14(18)15(20)9-11/h3-9H,10H2,1-2H3. The Labute approximate surface area is 127 Å². The molecule has 0 aliphatic heterocycles. The molecule has 110 valence electrons. The van der Waals surface area contributed by atoms with Crippen molar-refractivity contribution in [1.82, 2.24) is 0 Å². The van der Waals surface area contributed by atoms with Crippen molar-refractivity contribution >= 4 is 17.4 Å². The minimum absolute atomic E-state index is 0.0315. The molecule has 0 unspecified atom stereocenters. The minimum Gasteiger partial charge on any atom is -0.298 e. The SMILES string of the molecule is CC(C)(C(=O)Cc1ccc(Cl)c(F)c1)c1ccc(F)cc1. The third-order valence-electron chi connectivity index (χ3n) is 3.61. The molecule has 0 N–H and O–H groups in total. The Morgan fingerprint density at radius 1 is 1.10 bits per heavy atom. The summed E-state index contributed by atoms with van der Waals surface area (Å²) in [5, 5.41) is 0.0315. The molecule has 2 aromatic rings. The maximum atomic E-state index is 13.4. The molecule has 2 aromatic carbocycles. The van der Waals surface area contributed by atoms with E-state index in [1.807, 2.05) is 0 Å². The van der Waals surface area contributed by atoms with Crippen molar-refractivity contribution in [3.63, 3.8) is 0 Å². The third-order valence-corrected chi connectivity index (χ3v) is 3.92. The molecule has 0 heterocycles. The van der Waals surface area contributed by atoms with Gasteiger partial charge in [-0.3, -0.25) is 4.79 Å². The van der Waals surface area contributed by atoms with Gasteiger partial charge in [0.1, 0.15) is 17.4 Å². The summed E-state index contributed by atoms with van der Waals surface area (Å²) in [5.41, 5.74) is 0.518. The fraction of sp³-hybridized carbons (Fsp3) is 0.235. The van der Waals surface area contributed by atoms with Crippen LogP contribution in [0, 0.1) is 11.6 Å². The number of carbonyl (C=O) groups is 1. The summed E-state index contributed by atoms with van der Waals surface area (Å²) in [6, 6.07) is 10.2. The Balaban J connectivity index is 2.21. The van der Waals surface area contributed by atoms with Gasteiger partial charge in [-0.2, -0.15) is 0 Å². The second-order valence-corrected chi connectivity index (χ2v) is 5.89. The number of carbonyl (C=O) groups excluding carboxylic acids is 1. The molecule has 21 heavy (non-hydrogen) atoms. The van der Waals surface area contributed by atoms with Gasteiger partial charge >= 0.3 is 0 Å². The van der Waals surface area contributed by atoms with Crippen LogP contribution in [0.2, 0.25) is 5.02 Å². The van der Waals surface area contributed by atoms with Gasteiger partial charge in [0.15, 0.2) is 0 Å². The van der Waals surface area contributed by atoms with E-state index < -0.39 is 11.2 Å². The fourth-order valence-corrected chi connectivity index (χ4v) is 2.20. The second-order valence-electron chi connectivity index (χ2n) is 5.48. The first-order valence-electron chi connectivity index (χ1n) is 6.54. The van der Waals surface area contributed by atoms with Crippen LogP contribution in [0.5, 0.6) is 0 Å². The van der Waals surface area contributed by atoms with Crippen LogP contribution in [0.15, 0.2) is 42.5 Å². The number of halogens is 3. The van der Waals surface area contributed by atoms with E-state index in [9.17, 15) is 13.6 Å². The highest BCUT2D eigenvalue weighted by molar-refractivity contribution is 6.30. The number of Topliss-reactive ketones (excluding diaryl/α,β-unsaturated/α-hetero) is 1. The molecule has 0 spiro atoms. The van der Waals surface area contributed by atoms with Gasteiger partial charge in [0, 0.05) is 11.8 Å². The lowest BCUT2D eigenvalue weighted by molar-refractivity contribution is -0.122. The average Bonchev–Trinajstić information content (AvgIpc) is 2.43. The van der Waals surface area contributed by atoms with Crippen LogP contribution in [0.4, 0.5) is 8.78 Å². The first kappa shape index (κ1) is 15.6. The van der Waals surface area contributed by atoms with Crippen molar-refractivity contribution in [1.29, 1.82) is 0 Å². The zero-order valence-corrected chi connectivity index (χ0v) is 12.5. The molecule has 0 aliphatic rings. The van der Waals surface area contributed by atoms with E-state index in [-0.39, 0.29) is 23.0 Å². The molecule has 2 rings (SSSR count). The van der Waals surface area contributed by atoms with Crippen molar-refractivity contribution in [3.8, 4) is 0 Å². The molecule has 0 atom stereocenters. The zero-order valence-electron chi connectivity index (χ0n) is 11.8. The fourth-order valence-electron chi connectivity index (χ4n) is 2.08. The molecule has 4 heteroatoms. The molecule has 0 aromatic heterocycles. The zero-order chi connectivity index (χ0) is 15.6. The Morgan fingerprint density at radius 2 is 1.71 bits per heavy atom. The molecular weight excluding hydrogens is 294 g/mol. The summed E-state index contributed by atoms with van der Waals surface area (Å²) in [6.45, 7) is 3.55. The number of hydrogen-bond acceptors (Lipinski definition) is 1. The predicted molar refractivity (Wildman–Crippen MR) is 79.5 cm³/mol. The van der Waals surface area contributed by atoms with Crippen molar-refractivity contribution in [3.05, 3.63) is 70.2 Å². The van der Waals surface area contributed by atoms with Crippen molar-refractivity contribution in [2.45, 2.75) is 25.7 Å². The largest absolute Gasteiger partial charge is 0.298 e. The Morgan fingerprint density at radius 3 is 2.29 bits per heavy atom. The van der Waals surface area contributed by atoms with Crippen LogP contribution >= 0.6 is 11.6 Å². The molecule has 0 amide bonds. The predicted octanol–water partition coefficient (Wildman–Crippen LogP) is 4.71. The highest BCUT2D eigenvalue weighted by Crippen LogP contribution is 2.26. The van der Waals surface area contributed by atoms with Crippen molar-refractivity contribution in [2.24, 2.45) is 0 Å². The Kier molecular flexibility index (Phi) is 4.43. The Bertz CT molecular complexity index is 663. The van der Waals surface area contributed by atoms with Crippen molar-refractivity contribution < 1.29 is 13.6 Å². The minimum atomic E-state index is -0.774. The number of ketones is 1. The summed E-state index contributed by atoms with van der Waals surface area (Å²) in [5.74, 6) is -0.959. The van der Waals surface area contributed by atoms with Crippen LogP contribution in [-0.4, -0.2) is 5.78 Å². The normalized spacial score (nSPS) is 11.5. The van der Waals surface area contributed by atoms with Gasteiger partial charge < -0.3 is 0 Å². The van der Waals surface area contributed by atoms with Crippen LogP contribution in [0.3, 0.4) is 0 Å². The summed E-state index contributed by atoms with van der Waals surface area (Å²) in [6.07, 6.45) is 0.0957. The van der Waals surface area contributed by atoms with Gasteiger partial charge in [-0.25, -0.2) is 8.78 Å². The van der Waals surface area contributed by atoms with E-state index in [0.717, 1.165) is 5.56 Å². The molecule has 0 bridgehead atoms. The van der Waals surface area contributed by atoms with E-state index in [2.05, 4.69) is 0 Å². The van der Waals surface area contributed by atoms with E-state index in [0.29, 0.717) is 5.56 Å². The lowest BCUT2D eigenvalue weighted by Crippen LogP contribution is -2.30. The highest BCUT2D eigenvalue weighted by atomic mass is 35.5. The average molecular weight is 309 g/mol. The van der Waals surface area contributed by atoms with E-state index in [1.54, 1.807) is 32.0 Å². The quantitative estimate of drug-likeness (QED) is 0.799. The number of benzene rings is 2. The Hall–Kier alpha value is -1.74. The number of hydrogen-bond donors (Lipinski definition) is 0. The van der Waals surface area contributed by atoms with Gasteiger partial charge in [-0.05, 0) is 49.2 Å².